The van der Waals surface area contributed by atoms with Crippen molar-refractivity contribution in [1.29, 1.82) is 0 Å². The number of carbonyl (C=O) groups excluding carboxylic acids is 1. The quantitative estimate of drug-likeness (QED) is 0.661. The van der Waals surface area contributed by atoms with Gasteiger partial charge in [-0.15, -0.1) is 0 Å². The number of nitrogens with one attached hydrogen (secondary N) is 2. The molecule has 0 aromatic heterocycles. The molecular weight excluding hydrogens is 228 g/mol. The van der Waals surface area contributed by atoms with Crippen LogP contribution in [0.5, 0.6) is 0 Å². The molecule has 2 heterocycles. The lowest BCUT2D eigenvalue weighted by atomic mass is 10.1. The molecule has 2 saturated heterocycles. The highest BCUT2D eigenvalue weighted by Gasteiger charge is 2.31. The minimum Gasteiger partial charge on any atom is -0.322 e. The van der Waals surface area contributed by atoms with Crippen molar-refractivity contribution in [2.24, 2.45) is 0 Å². The molecule has 0 aliphatic carbocycles. The van der Waals surface area contributed by atoms with Gasteiger partial charge in [0.1, 0.15) is 0 Å². The Balaban J connectivity index is 1.97. The number of carbonyl (C=O) groups is 1. The normalized spacial score (nSPS) is 37.8. The number of piperazine rings is 2. The van der Waals surface area contributed by atoms with E-state index in [4.69, 9.17) is 0 Å². The number of hydrogen-bond acceptors (Lipinski definition) is 3. The van der Waals surface area contributed by atoms with Crippen molar-refractivity contribution in [2.75, 3.05) is 26.2 Å². The number of urea groups is 1. The van der Waals surface area contributed by atoms with Crippen LogP contribution in [0.3, 0.4) is 0 Å². The molecule has 2 N–H and O–H groups in total. The summed E-state index contributed by atoms with van der Waals surface area (Å²) in [5, 5.41) is 6.92. The zero-order valence-electron chi connectivity index (χ0n) is 11.9. The zero-order chi connectivity index (χ0) is 13.3. The molecule has 4 unspecified atom stereocenters. The molecule has 0 radical (unpaired) electrons. The molecule has 4 atom stereocenters. The van der Waals surface area contributed by atoms with Gasteiger partial charge in [0.2, 0.25) is 0 Å². The van der Waals surface area contributed by atoms with Gasteiger partial charge in [-0.05, 0) is 27.7 Å². The summed E-state index contributed by atoms with van der Waals surface area (Å²) in [6, 6.07) is 1.74. The number of hydrogen-bond donors (Lipinski definition) is 2. The largest absolute Gasteiger partial charge is 0.322 e. The Hall–Kier alpha value is -0.810. The van der Waals surface area contributed by atoms with Gasteiger partial charge in [-0.1, -0.05) is 0 Å². The maximum Gasteiger partial charge on any atom is 0.320 e. The van der Waals surface area contributed by atoms with Gasteiger partial charge in [0.05, 0.1) is 0 Å². The van der Waals surface area contributed by atoms with Gasteiger partial charge >= 0.3 is 6.03 Å². The number of amides is 2. The van der Waals surface area contributed by atoms with Gasteiger partial charge < -0.3 is 20.4 Å². The molecular formula is C13H26N4O. The Morgan fingerprint density at radius 3 is 1.33 bits per heavy atom. The second kappa shape index (κ2) is 5.45. The molecule has 0 spiro atoms. The maximum absolute atomic E-state index is 12.5. The molecule has 0 aromatic rings. The van der Waals surface area contributed by atoms with Crippen LogP contribution in [0.25, 0.3) is 0 Å². The first-order chi connectivity index (χ1) is 8.45. The molecule has 5 nitrogen and oxygen atoms in total. The lowest BCUT2D eigenvalue weighted by molar-refractivity contribution is 0.109. The zero-order valence-corrected chi connectivity index (χ0v) is 11.9. The molecule has 5 heteroatoms. The second-order valence-electron chi connectivity index (χ2n) is 6.03. The highest BCUT2D eigenvalue weighted by molar-refractivity contribution is 5.75. The summed E-state index contributed by atoms with van der Waals surface area (Å²) in [4.78, 5) is 16.5. The Morgan fingerprint density at radius 2 is 1.06 bits per heavy atom. The summed E-state index contributed by atoms with van der Waals surface area (Å²) in [7, 11) is 0. The van der Waals surface area contributed by atoms with Crippen LogP contribution in [0.1, 0.15) is 27.7 Å². The predicted molar refractivity (Wildman–Crippen MR) is 72.7 cm³/mol. The van der Waals surface area contributed by atoms with Gasteiger partial charge in [0.15, 0.2) is 0 Å². The minimum atomic E-state index is 0.204. The monoisotopic (exact) mass is 254 g/mol. The van der Waals surface area contributed by atoms with Crippen LogP contribution in [0.2, 0.25) is 0 Å². The highest BCUT2D eigenvalue weighted by Crippen LogP contribution is 2.11. The van der Waals surface area contributed by atoms with Gasteiger partial charge in [-0.3, -0.25) is 0 Å². The summed E-state index contributed by atoms with van der Waals surface area (Å²) in [6.07, 6.45) is 0. The molecule has 2 aliphatic heterocycles. The standard InChI is InChI=1S/C13H26N4O/c1-9-5-16(6-10(2)14-9)13(18)17-7-11(3)15-12(4)8-17/h9-12,14-15H,5-8H2,1-4H3. The molecule has 2 aliphatic rings. The van der Waals surface area contributed by atoms with Crippen molar-refractivity contribution >= 4 is 6.03 Å². The van der Waals surface area contributed by atoms with E-state index in [1.54, 1.807) is 0 Å². The third kappa shape index (κ3) is 3.14. The molecule has 0 aromatic carbocycles. The van der Waals surface area contributed by atoms with Crippen LogP contribution in [0.15, 0.2) is 0 Å². The van der Waals surface area contributed by atoms with E-state index in [9.17, 15) is 4.79 Å². The SMILES string of the molecule is CC1CN(C(=O)N2CC(C)NC(C)C2)CC(C)N1. The first-order valence-corrected chi connectivity index (χ1v) is 7.01. The van der Waals surface area contributed by atoms with Crippen molar-refractivity contribution in [3.05, 3.63) is 0 Å². The Kier molecular flexibility index (Phi) is 4.12. The van der Waals surface area contributed by atoms with Gasteiger partial charge in [-0.2, -0.15) is 0 Å². The van der Waals surface area contributed by atoms with E-state index in [1.165, 1.54) is 0 Å². The van der Waals surface area contributed by atoms with E-state index in [1.807, 2.05) is 9.80 Å². The Labute approximate surface area is 110 Å². The lowest BCUT2D eigenvalue weighted by Crippen LogP contribution is -2.62. The molecule has 18 heavy (non-hydrogen) atoms. The Bertz CT molecular complexity index is 261. The van der Waals surface area contributed by atoms with E-state index in [-0.39, 0.29) is 6.03 Å². The molecule has 2 fully saturated rings. The molecule has 0 bridgehead atoms. The lowest BCUT2D eigenvalue weighted by Gasteiger charge is -2.42. The molecule has 0 saturated carbocycles. The van der Waals surface area contributed by atoms with Crippen LogP contribution >= 0.6 is 0 Å². The van der Waals surface area contributed by atoms with Crippen molar-refractivity contribution in [3.63, 3.8) is 0 Å². The van der Waals surface area contributed by atoms with Crippen LogP contribution < -0.4 is 10.6 Å². The summed E-state index contributed by atoms with van der Waals surface area (Å²) in [5.74, 6) is 0. The average Bonchev–Trinajstić information content (AvgIpc) is 2.25. The minimum absolute atomic E-state index is 0.204. The van der Waals surface area contributed by atoms with Crippen LogP contribution in [0, 0.1) is 0 Å². The topological polar surface area (TPSA) is 47.6 Å². The highest BCUT2D eigenvalue weighted by atomic mass is 16.2. The van der Waals surface area contributed by atoms with Crippen LogP contribution in [-0.4, -0.2) is 66.2 Å². The van der Waals surface area contributed by atoms with Crippen molar-refractivity contribution in [3.8, 4) is 0 Å². The fourth-order valence-corrected chi connectivity index (χ4v) is 3.17. The van der Waals surface area contributed by atoms with E-state index >= 15 is 0 Å². The van der Waals surface area contributed by atoms with E-state index in [2.05, 4.69) is 38.3 Å². The van der Waals surface area contributed by atoms with E-state index < -0.39 is 0 Å². The fraction of sp³-hybridized carbons (Fsp3) is 0.923. The summed E-state index contributed by atoms with van der Waals surface area (Å²) < 4.78 is 0. The van der Waals surface area contributed by atoms with Crippen LogP contribution in [0.4, 0.5) is 4.79 Å². The third-order valence-electron chi connectivity index (χ3n) is 3.66. The third-order valence-corrected chi connectivity index (χ3v) is 3.66. The molecule has 2 rings (SSSR count). The van der Waals surface area contributed by atoms with Crippen LogP contribution in [-0.2, 0) is 0 Å². The van der Waals surface area contributed by atoms with Crippen molar-refractivity contribution in [2.45, 2.75) is 51.9 Å². The second-order valence-corrected chi connectivity index (χ2v) is 6.03. The van der Waals surface area contributed by atoms with E-state index in [0.29, 0.717) is 24.2 Å². The first-order valence-electron chi connectivity index (χ1n) is 7.01. The van der Waals surface area contributed by atoms with Gasteiger partial charge in [0, 0.05) is 50.3 Å². The van der Waals surface area contributed by atoms with Crippen molar-refractivity contribution < 1.29 is 4.79 Å². The summed E-state index contributed by atoms with van der Waals surface area (Å²) >= 11 is 0. The van der Waals surface area contributed by atoms with Gasteiger partial charge in [-0.25, -0.2) is 4.79 Å². The smallest absolute Gasteiger partial charge is 0.320 e. The average molecular weight is 254 g/mol. The fourth-order valence-electron chi connectivity index (χ4n) is 3.17. The number of nitrogens with zero attached hydrogens (tertiary/aromatic N) is 2. The van der Waals surface area contributed by atoms with Gasteiger partial charge in [0.25, 0.3) is 0 Å². The Morgan fingerprint density at radius 1 is 0.778 bits per heavy atom. The maximum atomic E-state index is 12.5. The number of rotatable bonds is 0. The van der Waals surface area contributed by atoms with Crippen molar-refractivity contribution in [1.82, 2.24) is 20.4 Å². The predicted octanol–water partition coefficient (Wildman–Crippen LogP) is 0.471. The molecule has 2 amide bonds. The summed E-state index contributed by atoms with van der Waals surface area (Å²) in [6.45, 7) is 11.8. The molecule has 104 valence electrons. The van der Waals surface area contributed by atoms with E-state index in [0.717, 1.165) is 26.2 Å². The summed E-state index contributed by atoms with van der Waals surface area (Å²) in [5.41, 5.74) is 0. The first kappa shape index (κ1) is 13.6.